The maximum absolute atomic E-state index is 11.3. The average Bonchev–Trinajstić information content (AvgIpc) is 2.68. The fraction of sp³-hybridized carbons (Fsp3) is 0.364. The Morgan fingerprint density at radius 3 is 1.48 bits per heavy atom. The van der Waals surface area contributed by atoms with Crippen LogP contribution in [0.15, 0.2) is 46.4 Å². The molecule has 2 aromatic rings. The van der Waals surface area contributed by atoms with Gasteiger partial charge in [-0.3, -0.25) is 9.98 Å². The molecule has 0 aromatic heterocycles. The van der Waals surface area contributed by atoms with E-state index >= 15 is 0 Å². The van der Waals surface area contributed by atoms with E-state index in [4.69, 9.17) is 23.2 Å². The summed E-state index contributed by atoms with van der Waals surface area (Å²) in [6.45, 7) is 5.74. The largest absolute Gasteiger partial charge is 2.00 e. The molecule has 0 unspecified atom stereocenters. The summed E-state index contributed by atoms with van der Waals surface area (Å²) in [6, 6.07) is 9.38. The van der Waals surface area contributed by atoms with Gasteiger partial charge >= 0.3 is 16.5 Å². The molecule has 0 saturated carbocycles. The van der Waals surface area contributed by atoms with Crippen LogP contribution < -0.4 is 10.2 Å². The number of hydrogen-bond acceptors (Lipinski definition) is 4. The maximum Gasteiger partial charge on any atom is 2.00 e. The van der Waals surface area contributed by atoms with Crippen LogP contribution >= 0.6 is 23.2 Å². The van der Waals surface area contributed by atoms with Gasteiger partial charge in [0.1, 0.15) is 0 Å². The Balaban J connectivity index is 0.000000523. The molecule has 29 heavy (non-hydrogen) atoms. The first kappa shape index (κ1) is 27.5. The van der Waals surface area contributed by atoms with Crippen LogP contribution in [0.4, 0.5) is 0 Å². The topological polar surface area (TPSA) is 70.8 Å². The van der Waals surface area contributed by atoms with Crippen molar-refractivity contribution in [3.8, 4) is 11.5 Å². The number of unbranched alkanes of at least 4 members (excludes halogenated alkanes) is 2. The van der Waals surface area contributed by atoms with Gasteiger partial charge in [0.25, 0.3) is 0 Å². The van der Waals surface area contributed by atoms with E-state index in [0.29, 0.717) is 21.2 Å². The zero-order valence-electron chi connectivity index (χ0n) is 16.6. The molecule has 160 valence electrons. The average molecular weight is 480 g/mol. The molecular weight excluding hydrogens is 454 g/mol. The summed E-state index contributed by atoms with van der Waals surface area (Å²) in [5, 5.41) is 23.7. The van der Waals surface area contributed by atoms with Crippen molar-refractivity contribution in [1.82, 2.24) is 0 Å². The van der Waals surface area contributed by atoms with Gasteiger partial charge in [0.05, 0.1) is 0 Å². The van der Waals surface area contributed by atoms with Crippen LogP contribution in [-0.4, -0.2) is 25.5 Å². The van der Waals surface area contributed by atoms with Crippen molar-refractivity contribution < 1.29 is 26.7 Å². The first-order valence-corrected chi connectivity index (χ1v) is 10.2. The van der Waals surface area contributed by atoms with Gasteiger partial charge in [0.15, 0.2) is 0 Å². The van der Waals surface area contributed by atoms with Gasteiger partial charge in [-0.05, 0) is 48.2 Å². The summed E-state index contributed by atoms with van der Waals surface area (Å²) in [5.74, 6) is -0.0655. The quantitative estimate of drug-likeness (QED) is 0.294. The minimum absolute atomic E-state index is 0. The Morgan fingerprint density at radius 2 is 1.14 bits per heavy atom. The Labute approximate surface area is 193 Å². The van der Waals surface area contributed by atoms with E-state index in [1.807, 2.05) is 0 Å². The van der Waals surface area contributed by atoms with E-state index in [2.05, 4.69) is 23.8 Å². The summed E-state index contributed by atoms with van der Waals surface area (Å²) in [4.78, 5) is 8.30. The van der Waals surface area contributed by atoms with Crippen molar-refractivity contribution in [2.45, 2.75) is 39.5 Å². The van der Waals surface area contributed by atoms with E-state index in [0.717, 1.165) is 38.8 Å². The molecular formula is C22H26Cl2N2NiO2. The predicted molar refractivity (Wildman–Crippen MR) is 117 cm³/mol. The van der Waals surface area contributed by atoms with E-state index in [1.54, 1.807) is 36.7 Å². The second kappa shape index (κ2) is 16.3. The van der Waals surface area contributed by atoms with Gasteiger partial charge in [0.2, 0.25) is 0 Å². The zero-order valence-corrected chi connectivity index (χ0v) is 19.1. The predicted octanol–water partition coefficient (Wildman–Crippen LogP) is 5.26. The summed E-state index contributed by atoms with van der Waals surface area (Å²) < 4.78 is 0. The summed E-state index contributed by atoms with van der Waals surface area (Å²) in [5.41, 5.74) is 1.13. The molecule has 0 aliphatic carbocycles. The minimum Gasteiger partial charge on any atom is -0.872 e. The standard InChI is InChI=1S/2C11H14ClNO.Ni/c2*1-2-3-6-13-8-9-7-10(12)4-5-11(9)14;/h2*4-5,7-8,14H,2-3,6H2,1H3;/q;;+2/p-2. The molecule has 0 aliphatic rings. The number of halogens is 2. The van der Waals surface area contributed by atoms with Crippen LogP contribution in [0.1, 0.15) is 50.7 Å². The molecule has 0 bridgehead atoms. The molecule has 0 amide bonds. The normalized spacial score (nSPS) is 10.6. The van der Waals surface area contributed by atoms with E-state index in [-0.39, 0.29) is 28.0 Å². The molecule has 0 spiro atoms. The summed E-state index contributed by atoms with van der Waals surface area (Å²) in [6.07, 6.45) is 7.51. The zero-order chi connectivity index (χ0) is 20.8. The molecule has 2 rings (SSSR count). The number of rotatable bonds is 8. The van der Waals surface area contributed by atoms with Crippen LogP contribution in [0.3, 0.4) is 0 Å². The molecule has 0 radical (unpaired) electrons. The minimum atomic E-state index is -0.0327. The van der Waals surface area contributed by atoms with Crippen LogP contribution in [0.25, 0.3) is 0 Å². The second-order valence-electron chi connectivity index (χ2n) is 6.14. The van der Waals surface area contributed by atoms with Crippen molar-refractivity contribution in [1.29, 1.82) is 0 Å². The van der Waals surface area contributed by atoms with Crippen LogP contribution in [0, 0.1) is 0 Å². The third-order valence-electron chi connectivity index (χ3n) is 3.69. The monoisotopic (exact) mass is 478 g/mol. The number of hydrogen-bond donors (Lipinski definition) is 0. The molecule has 7 heteroatoms. The number of benzene rings is 2. The Morgan fingerprint density at radius 1 is 0.759 bits per heavy atom. The third-order valence-corrected chi connectivity index (χ3v) is 4.16. The molecule has 0 atom stereocenters. The van der Waals surface area contributed by atoms with Gasteiger partial charge < -0.3 is 10.2 Å². The van der Waals surface area contributed by atoms with Crippen LogP contribution in [0.5, 0.6) is 11.5 Å². The smallest absolute Gasteiger partial charge is 0.872 e. The van der Waals surface area contributed by atoms with E-state index in [9.17, 15) is 10.2 Å². The SMILES string of the molecule is CCCCN=Cc1cc(Cl)ccc1[O-].CCCCN=Cc1cc(Cl)ccc1[O-].[Ni+2]. The third kappa shape index (κ3) is 11.9. The first-order valence-electron chi connectivity index (χ1n) is 9.40. The molecule has 0 aliphatic heterocycles. The second-order valence-corrected chi connectivity index (χ2v) is 7.01. The van der Waals surface area contributed by atoms with Crippen molar-refractivity contribution in [2.24, 2.45) is 9.98 Å². The summed E-state index contributed by atoms with van der Waals surface area (Å²) in [7, 11) is 0. The van der Waals surface area contributed by atoms with Gasteiger partial charge in [0, 0.05) is 35.6 Å². The molecule has 0 fully saturated rings. The van der Waals surface area contributed by atoms with Crippen LogP contribution in [0.2, 0.25) is 10.0 Å². The van der Waals surface area contributed by atoms with Crippen molar-refractivity contribution in [2.75, 3.05) is 13.1 Å². The van der Waals surface area contributed by atoms with Crippen molar-refractivity contribution in [3.63, 3.8) is 0 Å². The maximum atomic E-state index is 11.3. The van der Waals surface area contributed by atoms with Gasteiger partial charge in [-0.15, -0.1) is 0 Å². The number of aliphatic imine (C=N–C) groups is 2. The summed E-state index contributed by atoms with van der Waals surface area (Å²) >= 11 is 11.5. The molecule has 0 saturated heterocycles. The molecule has 4 nitrogen and oxygen atoms in total. The van der Waals surface area contributed by atoms with E-state index < -0.39 is 0 Å². The van der Waals surface area contributed by atoms with Gasteiger partial charge in [-0.1, -0.05) is 73.5 Å². The van der Waals surface area contributed by atoms with Crippen molar-refractivity contribution in [3.05, 3.63) is 57.6 Å². The Hall–Kier alpha value is -1.55. The Bertz CT molecular complexity index is 718. The van der Waals surface area contributed by atoms with Crippen LogP contribution in [-0.2, 0) is 16.5 Å². The fourth-order valence-electron chi connectivity index (χ4n) is 2.07. The van der Waals surface area contributed by atoms with Gasteiger partial charge in [-0.25, -0.2) is 0 Å². The molecule has 0 heterocycles. The Kier molecular flexibility index (Phi) is 15.4. The first-order chi connectivity index (χ1) is 13.5. The fourth-order valence-corrected chi connectivity index (χ4v) is 2.43. The molecule has 0 N–H and O–H groups in total. The molecule has 2 aromatic carbocycles. The van der Waals surface area contributed by atoms with E-state index in [1.165, 1.54) is 12.1 Å². The number of nitrogens with zero attached hydrogens (tertiary/aromatic N) is 2. The van der Waals surface area contributed by atoms with Crippen molar-refractivity contribution >= 4 is 35.6 Å². The van der Waals surface area contributed by atoms with Gasteiger partial charge in [-0.2, -0.15) is 0 Å².